The number of fused-ring (bicyclic) bond motifs is 3. The van der Waals surface area contributed by atoms with Crippen molar-refractivity contribution in [2.24, 2.45) is 0 Å². The van der Waals surface area contributed by atoms with Crippen molar-refractivity contribution >= 4 is 38.6 Å². The minimum absolute atomic E-state index is 1.14. The van der Waals surface area contributed by atoms with Gasteiger partial charge in [-0.05, 0) is 131 Å². The molecule has 0 spiro atoms. The van der Waals surface area contributed by atoms with E-state index in [4.69, 9.17) is 0 Å². The zero-order valence-electron chi connectivity index (χ0n) is 26.1. The van der Waals surface area contributed by atoms with E-state index in [1.54, 1.807) is 5.56 Å². The molecule has 7 aromatic carbocycles. The molecule has 8 rings (SSSR count). The van der Waals surface area contributed by atoms with Gasteiger partial charge in [0, 0.05) is 17.1 Å². The van der Waals surface area contributed by atoms with Crippen molar-refractivity contribution in [3.8, 4) is 22.3 Å². The lowest BCUT2D eigenvalue weighted by Crippen LogP contribution is -2.09. The van der Waals surface area contributed by atoms with Crippen LogP contribution in [0.15, 0.2) is 140 Å². The summed E-state index contributed by atoms with van der Waals surface area (Å²) in [4.78, 5) is 2.33. The van der Waals surface area contributed by atoms with Crippen molar-refractivity contribution in [1.82, 2.24) is 0 Å². The number of hydrogen-bond donors (Lipinski definition) is 0. The predicted molar refractivity (Wildman–Crippen MR) is 193 cm³/mol. The average Bonchev–Trinajstić information content (AvgIpc) is 3.09. The minimum atomic E-state index is 1.14. The highest BCUT2D eigenvalue weighted by Crippen LogP contribution is 2.46. The Labute approximate surface area is 266 Å². The zero-order valence-corrected chi connectivity index (χ0v) is 26.1. The van der Waals surface area contributed by atoms with E-state index < -0.39 is 0 Å². The minimum Gasteiger partial charge on any atom is -0.311 e. The Morgan fingerprint density at radius 2 is 1.00 bits per heavy atom. The van der Waals surface area contributed by atoms with Gasteiger partial charge >= 0.3 is 0 Å². The van der Waals surface area contributed by atoms with Gasteiger partial charge in [-0.2, -0.15) is 0 Å². The molecule has 1 aliphatic carbocycles. The molecule has 7 aromatic rings. The molecule has 0 N–H and O–H groups in total. The Hall–Kier alpha value is -5.14. The van der Waals surface area contributed by atoms with Gasteiger partial charge in [0.25, 0.3) is 0 Å². The Morgan fingerprint density at radius 3 is 1.64 bits per heavy atom. The monoisotopic (exact) mass is 579 g/mol. The van der Waals surface area contributed by atoms with Crippen LogP contribution in [0.25, 0.3) is 43.8 Å². The third kappa shape index (κ3) is 4.89. The summed E-state index contributed by atoms with van der Waals surface area (Å²) < 4.78 is 0. The molecule has 45 heavy (non-hydrogen) atoms. The number of rotatable bonds is 5. The maximum Gasteiger partial charge on any atom is 0.0462 e. The lowest BCUT2D eigenvalue weighted by molar-refractivity contribution is 0.687. The third-order valence-electron chi connectivity index (χ3n) is 9.54. The summed E-state index contributed by atoms with van der Waals surface area (Å²) in [5.41, 5.74) is 14.5. The average molecular weight is 580 g/mol. The predicted octanol–water partition coefficient (Wildman–Crippen LogP) is 12.3. The Balaban J connectivity index is 1.36. The first kappa shape index (κ1) is 27.4. The molecule has 0 radical (unpaired) electrons. The molecule has 218 valence electrons. The van der Waals surface area contributed by atoms with Gasteiger partial charge in [0.05, 0.1) is 0 Å². The Bertz CT molecular complexity index is 2120. The highest BCUT2D eigenvalue weighted by atomic mass is 15.1. The molecule has 0 aliphatic heterocycles. The molecular weight excluding hydrogens is 542 g/mol. The van der Waals surface area contributed by atoms with Crippen LogP contribution in [0.4, 0.5) is 17.1 Å². The first-order chi connectivity index (χ1) is 22.2. The van der Waals surface area contributed by atoms with Crippen LogP contribution < -0.4 is 4.90 Å². The molecule has 0 amide bonds. The molecule has 0 saturated carbocycles. The fourth-order valence-electron chi connectivity index (χ4n) is 7.45. The largest absolute Gasteiger partial charge is 0.311 e. The van der Waals surface area contributed by atoms with Crippen molar-refractivity contribution in [3.05, 3.63) is 162 Å². The van der Waals surface area contributed by atoms with Crippen molar-refractivity contribution in [1.29, 1.82) is 0 Å². The highest BCUT2D eigenvalue weighted by molar-refractivity contribution is 6.22. The van der Waals surface area contributed by atoms with Gasteiger partial charge in [0.15, 0.2) is 0 Å². The summed E-state index contributed by atoms with van der Waals surface area (Å²) in [6.07, 6.45) is 4.90. The number of para-hydroxylation sites is 2. The second-order valence-corrected chi connectivity index (χ2v) is 12.6. The first-order valence-electron chi connectivity index (χ1n) is 16.2. The molecule has 0 aromatic heterocycles. The maximum absolute atomic E-state index is 2.41. The van der Waals surface area contributed by atoms with E-state index in [9.17, 15) is 0 Å². The van der Waals surface area contributed by atoms with Crippen molar-refractivity contribution in [3.63, 3.8) is 0 Å². The van der Waals surface area contributed by atoms with Crippen LogP contribution in [0, 0.1) is 13.8 Å². The van der Waals surface area contributed by atoms with Crippen LogP contribution in [-0.4, -0.2) is 0 Å². The lowest BCUT2D eigenvalue weighted by Gasteiger charge is -2.26. The van der Waals surface area contributed by atoms with Gasteiger partial charge in [0.2, 0.25) is 0 Å². The van der Waals surface area contributed by atoms with E-state index >= 15 is 0 Å². The number of nitrogens with zero attached hydrogens (tertiary/aromatic N) is 1. The number of benzene rings is 7. The molecule has 0 atom stereocenters. The molecule has 1 nitrogen and oxygen atoms in total. The summed E-state index contributed by atoms with van der Waals surface area (Å²) in [7, 11) is 0. The standard InChI is InChI=1S/C44H37N/c1-30-21-27-40-41(28-30)43(33-22-24-36(25-23-33)45(34-14-5-3-6-15-34)35-16-7-4-8-17-35)39-26-20-31(2)29-42(39)44(40)38-19-11-13-32-12-9-10-18-37(32)38/h3-8,11,13-17,19-29H,9-10,12,18H2,1-2H3. The van der Waals surface area contributed by atoms with Crippen molar-refractivity contribution in [2.45, 2.75) is 39.5 Å². The SMILES string of the molecule is Cc1ccc2c(-c3cccc4c3CCCC4)c3cc(C)ccc3c(-c3ccc(N(c4ccccc4)c4ccccc4)cc3)c2c1. The summed E-state index contributed by atoms with van der Waals surface area (Å²) in [5, 5.41) is 5.33. The van der Waals surface area contributed by atoms with E-state index in [0.29, 0.717) is 0 Å². The van der Waals surface area contributed by atoms with Gasteiger partial charge in [0.1, 0.15) is 0 Å². The second-order valence-electron chi connectivity index (χ2n) is 12.6. The summed E-state index contributed by atoms with van der Waals surface area (Å²) in [6, 6.07) is 51.5. The van der Waals surface area contributed by atoms with E-state index in [-0.39, 0.29) is 0 Å². The molecule has 0 saturated heterocycles. The van der Waals surface area contributed by atoms with Crippen LogP contribution in [-0.2, 0) is 12.8 Å². The molecule has 0 heterocycles. The Morgan fingerprint density at radius 1 is 0.444 bits per heavy atom. The van der Waals surface area contributed by atoms with E-state index in [0.717, 1.165) is 23.5 Å². The molecule has 0 bridgehead atoms. The van der Waals surface area contributed by atoms with Gasteiger partial charge in [-0.15, -0.1) is 0 Å². The van der Waals surface area contributed by atoms with Crippen LogP contribution in [0.3, 0.4) is 0 Å². The van der Waals surface area contributed by atoms with Crippen LogP contribution in [0.1, 0.15) is 35.1 Å². The van der Waals surface area contributed by atoms with Gasteiger partial charge in [-0.1, -0.05) is 114 Å². The second kappa shape index (κ2) is 11.4. The van der Waals surface area contributed by atoms with Crippen LogP contribution in [0.2, 0.25) is 0 Å². The zero-order chi connectivity index (χ0) is 30.3. The smallest absolute Gasteiger partial charge is 0.0462 e. The topological polar surface area (TPSA) is 3.24 Å². The normalized spacial score (nSPS) is 12.8. The molecular formula is C44H37N. The Kier molecular flexibility index (Phi) is 6.95. The molecule has 1 aliphatic rings. The third-order valence-corrected chi connectivity index (χ3v) is 9.54. The summed E-state index contributed by atoms with van der Waals surface area (Å²) in [5.74, 6) is 0. The first-order valence-corrected chi connectivity index (χ1v) is 16.2. The summed E-state index contributed by atoms with van der Waals surface area (Å²) >= 11 is 0. The lowest BCUT2D eigenvalue weighted by atomic mass is 9.80. The number of anilines is 3. The number of aryl methyl sites for hydroxylation is 3. The molecule has 1 heteroatoms. The van der Waals surface area contributed by atoms with Crippen LogP contribution >= 0.6 is 0 Å². The van der Waals surface area contributed by atoms with E-state index in [1.165, 1.54) is 79.8 Å². The van der Waals surface area contributed by atoms with Gasteiger partial charge < -0.3 is 4.90 Å². The van der Waals surface area contributed by atoms with Gasteiger partial charge in [-0.3, -0.25) is 0 Å². The fraction of sp³-hybridized carbons (Fsp3) is 0.136. The fourth-order valence-corrected chi connectivity index (χ4v) is 7.45. The number of hydrogen-bond acceptors (Lipinski definition) is 1. The molecule has 0 unspecified atom stereocenters. The summed E-state index contributed by atoms with van der Waals surface area (Å²) in [6.45, 7) is 4.44. The molecule has 0 fully saturated rings. The van der Waals surface area contributed by atoms with E-state index in [1.807, 2.05) is 0 Å². The van der Waals surface area contributed by atoms with Crippen molar-refractivity contribution < 1.29 is 0 Å². The van der Waals surface area contributed by atoms with E-state index in [2.05, 4.69) is 158 Å². The van der Waals surface area contributed by atoms with Gasteiger partial charge in [-0.25, -0.2) is 0 Å². The van der Waals surface area contributed by atoms with Crippen molar-refractivity contribution in [2.75, 3.05) is 4.90 Å². The van der Waals surface area contributed by atoms with Crippen LogP contribution in [0.5, 0.6) is 0 Å². The maximum atomic E-state index is 2.41. The quantitative estimate of drug-likeness (QED) is 0.183. The highest BCUT2D eigenvalue weighted by Gasteiger charge is 2.21.